The van der Waals surface area contributed by atoms with Gasteiger partial charge in [0.15, 0.2) is 0 Å². The molecule has 3 nitrogen and oxygen atoms in total. The van der Waals surface area contributed by atoms with Crippen molar-refractivity contribution in [2.24, 2.45) is 0 Å². The van der Waals surface area contributed by atoms with Crippen LogP contribution in [0.25, 0.3) is 0 Å². The van der Waals surface area contributed by atoms with Crippen LogP contribution >= 0.6 is 22.7 Å². The van der Waals surface area contributed by atoms with Crippen molar-refractivity contribution < 1.29 is 0 Å². The molecule has 0 saturated heterocycles. The number of rotatable bonds is 4. The third kappa shape index (κ3) is 2.35. The van der Waals surface area contributed by atoms with Crippen LogP contribution in [0.3, 0.4) is 0 Å². The molecule has 2 aromatic heterocycles. The van der Waals surface area contributed by atoms with Crippen LogP contribution in [0.15, 0.2) is 10.9 Å². The second-order valence-corrected chi connectivity index (χ2v) is 6.37. The van der Waals surface area contributed by atoms with E-state index in [9.17, 15) is 0 Å². The van der Waals surface area contributed by atoms with Crippen molar-refractivity contribution in [3.05, 3.63) is 32.2 Å². The Hall–Kier alpha value is -0.780. The fourth-order valence-corrected chi connectivity index (χ4v) is 4.20. The van der Waals surface area contributed by atoms with Gasteiger partial charge in [-0.25, -0.2) is 9.97 Å². The van der Waals surface area contributed by atoms with Gasteiger partial charge < -0.3 is 5.32 Å². The van der Waals surface area contributed by atoms with E-state index in [1.54, 1.807) is 11.3 Å². The average molecular weight is 279 g/mol. The third-order valence-corrected chi connectivity index (χ3v) is 5.09. The van der Waals surface area contributed by atoms with Gasteiger partial charge in [-0.15, -0.1) is 22.7 Å². The summed E-state index contributed by atoms with van der Waals surface area (Å²) in [5.74, 6) is 0. The lowest BCUT2D eigenvalue weighted by atomic mass is 10.0. The molecule has 0 aromatic carbocycles. The molecule has 5 heteroatoms. The number of aryl methyl sites for hydroxylation is 2. The molecule has 0 spiro atoms. The molecule has 1 aliphatic rings. The van der Waals surface area contributed by atoms with E-state index in [1.807, 2.05) is 16.8 Å². The lowest BCUT2D eigenvalue weighted by Gasteiger charge is -2.12. The number of nitrogens with zero attached hydrogens (tertiary/aromatic N) is 2. The normalized spacial score (nSPS) is 16.5. The maximum atomic E-state index is 4.85. The molecule has 96 valence electrons. The van der Waals surface area contributed by atoms with Gasteiger partial charge in [-0.1, -0.05) is 6.92 Å². The summed E-state index contributed by atoms with van der Waals surface area (Å²) in [4.78, 5) is 10.8. The number of fused-ring (bicyclic) bond motifs is 1. The van der Waals surface area contributed by atoms with Crippen molar-refractivity contribution in [3.63, 3.8) is 0 Å². The zero-order valence-corrected chi connectivity index (χ0v) is 12.1. The maximum Gasteiger partial charge on any atom is 0.116 e. The number of nitrogens with one attached hydrogen (secondary N) is 1. The highest BCUT2D eigenvalue weighted by Gasteiger charge is 2.22. The fraction of sp³-hybridized carbons (Fsp3) is 0.538. The standard InChI is InChI=1S/C13H17N3S2/c1-2-14-12(10-7-17-8-15-10)13-16-9-5-3-4-6-11(9)18-13/h7-8,12,14H,2-6H2,1H3. The van der Waals surface area contributed by atoms with Gasteiger partial charge in [0, 0.05) is 10.3 Å². The SMILES string of the molecule is CCNC(c1cscn1)c1nc2c(s1)CCCC2. The Morgan fingerprint density at radius 2 is 2.28 bits per heavy atom. The summed E-state index contributed by atoms with van der Waals surface area (Å²) in [6.45, 7) is 3.07. The molecule has 0 amide bonds. The molecule has 18 heavy (non-hydrogen) atoms. The predicted octanol–water partition coefficient (Wildman–Crippen LogP) is 3.18. The summed E-state index contributed by atoms with van der Waals surface area (Å²) in [5.41, 5.74) is 4.33. The molecule has 2 aromatic rings. The van der Waals surface area contributed by atoms with E-state index in [0.29, 0.717) is 0 Å². The smallest absolute Gasteiger partial charge is 0.116 e. The molecule has 0 saturated carbocycles. The van der Waals surface area contributed by atoms with Crippen LogP contribution in [0, 0.1) is 0 Å². The van der Waals surface area contributed by atoms with E-state index in [0.717, 1.165) is 18.7 Å². The minimum absolute atomic E-state index is 0.178. The summed E-state index contributed by atoms with van der Waals surface area (Å²) in [7, 11) is 0. The van der Waals surface area contributed by atoms with E-state index in [-0.39, 0.29) is 6.04 Å². The number of aromatic nitrogens is 2. The Morgan fingerprint density at radius 1 is 1.39 bits per heavy atom. The lowest BCUT2D eigenvalue weighted by Crippen LogP contribution is -2.22. The molecule has 2 heterocycles. The van der Waals surface area contributed by atoms with Gasteiger partial charge in [0.25, 0.3) is 0 Å². The first-order chi connectivity index (χ1) is 8.88. The molecule has 0 radical (unpaired) electrons. The van der Waals surface area contributed by atoms with Crippen molar-refractivity contribution in [2.45, 2.75) is 38.6 Å². The molecule has 0 aliphatic heterocycles. The van der Waals surface area contributed by atoms with Crippen LogP contribution in [0.5, 0.6) is 0 Å². The topological polar surface area (TPSA) is 37.8 Å². The summed E-state index contributed by atoms with van der Waals surface area (Å²) in [6.07, 6.45) is 4.97. The van der Waals surface area contributed by atoms with Gasteiger partial charge in [-0.3, -0.25) is 0 Å². The van der Waals surface area contributed by atoms with E-state index in [1.165, 1.54) is 34.8 Å². The molecule has 1 unspecified atom stereocenters. The molecule has 0 bridgehead atoms. The summed E-state index contributed by atoms with van der Waals surface area (Å²) >= 11 is 3.52. The Balaban J connectivity index is 1.92. The summed E-state index contributed by atoms with van der Waals surface area (Å²) < 4.78 is 0. The Kier molecular flexibility index (Phi) is 3.72. The Bertz CT molecular complexity index is 481. The number of thiazole rings is 2. The second-order valence-electron chi connectivity index (χ2n) is 4.53. The van der Waals surface area contributed by atoms with Gasteiger partial charge >= 0.3 is 0 Å². The first-order valence-corrected chi connectivity index (χ1v) is 8.24. The zero-order chi connectivity index (χ0) is 12.4. The van der Waals surface area contributed by atoms with Crippen LogP contribution < -0.4 is 5.32 Å². The van der Waals surface area contributed by atoms with E-state index in [4.69, 9.17) is 4.98 Å². The summed E-state index contributed by atoms with van der Waals surface area (Å²) in [5, 5.41) is 6.81. The molecule has 1 aliphatic carbocycles. The molecule has 1 atom stereocenters. The molecule has 1 N–H and O–H groups in total. The largest absolute Gasteiger partial charge is 0.303 e. The fourth-order valence-electron chi connectivity index (χ4n) is 2.38. The highest BCUT2D eigenvalue weighted by Crippen LogP contribution is 2.32. The van der Waals surface area contributed by atoms with Crippen LogP contribution in [-0.4, -0.2) is 16.5 Å². The van der Waals surface area contributed by atoms with Crippen LogP contribution in [0.1, 0.15) is 47.1 Å². The first-order valence-electron chi connectivity index (χ1n) is 6.48. The van der Waals surface area contributed by atoms with Gasteiger partial charge in [-0.2, -0.15) is 0 Å². The quantitative estimate of drug-likeness (QED) is 0.934. The van der Waals surface area contributed by atoms with E-state index >= 15 is 0 Å². The van der Waals surface area contributed by atoms with Gasteiger partial charge in [0.05, 0.1) is 16.9 Å². The second kappa shape index (κ2) is 5.47. The Morgan fingerprint density at radius 3 is 3.00 bits per heavy atom. The van der Waals surface area contributed by atoms with Gasteiger partial charge in [0.1, 0.15) is 11.0 Å². The van der Waals surface area contributed by atoms with Gasteiger partial charge in [-0.05, 0) is 32.2 Å². The molecular weight excluding hydrogens is 262 g/mol. The molecule has 3 rings (SSSR count). The maximum absolute atomic E-state index is 4.85. The average Bonchev–Trinajstić information content (AvgIpc) is 3.04. The van der Waals surface area contributed by atoms with Crippen LogP contribution in [-0.2, 0) is 12.8 Å². The Labute approximate surface area is 115 Å². The lowest BCUT2D eigenvalue weighted by molar-refractivity contribution is 0.610. The van der Waals surface area contributed by atoms with E-state index < -0.39 is 0 Å². The van der Waals surface area contributed by atoms with Crippen LogP contribution in [0.2, 0.25) is 0 Å². The van der Waals surface area contributed by atoms with E-state index in [2.05, 4.69) is 22.6 Å². The highest BCUT2D eigenvalue weighted by molar-refractivity contribution is 7.12. The predicted molar refractivity (Wildman–Crippen MR) is 76.4 cm³/mol. The number of hydrogen-bond donors (Lipinski definition) is 1. The first kappa shape index (κ1) is 12.3. The van der Waals surface area contributed by atoms with Crippen molar-refractivity contribution in [2.75, 3.05) is 6.54 Å². The van der Waals surface area contributed by atoms with Crippen molar-refractivity contribution >= 4 is 22.7 Å². The minimum atomic E-state index is 0.178. The number of hydrogen-bond acceptors (Lipinski definition) is 5. The highest BCUT2D eigenvalue weighted by atomic mass is 32.1. The van der Waals surface area contributed by atoms with Crippen molar-refractivity contribution in [1.82, 2.24) is 15.3 Å². The van der Waals surface area contributed by atoms with Crippen molar-refractivity contribution in [3.8, 4) is 0 Å². The van der Waals surface area contributed by atoms with Gasteiger partial charge in [0.2, 0.25) is 0 Å². The van der Waals surface area contributed by atoms with Crippen LogP contribution in [0.4, 0.5) is 0 Å². The minimum Gasteiger partial charge on any atom is -0.303 e. The monoisotopic (exact) mass is 279 g/mol. The molecular formula is C13H17N3S2. The van der Waals surface area contributed by atoms with Crippen molar-refractivity contribution in [1.29, 1.82) is 0 Å². The zero-order valence-electron chi connectivity index (χ0n) is 10.5. The molecule has 0 fully saturated rings. The summed E-state index contributed by atoms with van der Waals surface area (Å²) in [6, 6.07) is 0.178. The third-order valence-electron chi connectivity index (χ3n) is 3.26.